The molecule has 0 aliphatic heterocycles. The summed E-state index contributed by atoms with van der Waals surface area (Å²) in [6.45, 7) is 4.15. The molecular weight excluding hydrogens is 298 g/mol. The average Bonchev–Trinajstić information content (AvgIpc) is 2.56. The maximum atomic E-state index is 12.3. The molecule has 1 amide bonds. The Bertz CT molecular complexity index is 500. The van der Waals surface area contributed by atoms with Gasteiger partial charge in [-0.15, -0.1) is 0 Å². The summed E-state index contributed by atoms with van der Waals surface area (Å²) in [6, 6.07) is 7.42. The number of rotatable bonds is 9. The van der Waals surface area contributed by atoms with Crippen molar-refractivity contribution >= 4 is 11.9 Å². The first-order valence-corrected chi connectivity index (χ1v) is 7.63. The lowest BCUT2D eigenvalue weighted by Gasteiger charge is -2.25. The molecule has 0 saturated heterocycles. The van der Waals surface area contributed by atoms with E-state index in [1.54, 1.807) is 19.1 Å². The zero-order valence-electron chi connectivity index (χ0n) is 13.9. The highest BCUT2D eigenvalue weighted by Crippen LogP contribution is 2.12. The van der Waals surface area contributed by atoms with Crippen molar-refractivity contribution in [2.75, 3.05) is 33.4 Å². The van der Waals surface area contributed by atoms with Crippen LogP contribution in [-0.2, 0) is 14.3 Å². The number of amides is 1. The molecule has 0 aliphatic rings. The smallest absolute Gasteiger partial charge is 0.310 e. The number of methoxy groups -OCH3 is 1. The van der Waals surface area contributed by atoms with Crippen LogP contribution in [0.25, 0.3) is 0 Å². The molecule has 0 saturated carbocycles. The summed E-state index contributed by atoms with van der Waals surface area (Å²) in [5.41, 5.74) is 1.11. The van der Waals surface area contributed by atoms with Gasteiger partial charge in [-0.05, 0) is 25.5 Å². The quantitative estimate of drug-likeness (QED) is 0.695. The Kier molecular flexibility index (Phi) is 8.11. The summed E-state index contributed by atoms with van der Waals surface area (Å²) in [6.07, 6.45) is 0.449. The molecule has 0 bridgehead atoms. The third kappa shape index (κ3) is 6.69. The molecule has 0 fully saturated rings. The monoisotopic (exact) mass is 323 g/mol. The molecule has 1 rings (SSSR count). The Labute approximate surface area is 137 Å². The largest absolute Gasteiger partial charge is 0.484 e. The van der Waals surface area contributed by atoms with E-state index in [4.69, 9.17) is 9.84 Å². The maximum Gasteiger partial charge on any atom is 0.310 e. The minimum atomic E-state index is -0.429. The first-order valence-electron chi connectivity index (χ1n) is 7.63. The van der Waals surface area contributed by atoms with Crippen molar-refractivity contribution in [2.45, 2.75) is 20.3 Å². The van der Waals surface area contributed by atoms with Gasteiger partial charge < -0.3 is 19.5 Å². The molecule has 1 aromatic rings. The molecular formula is C17H25NO5. The van der Waals surface area contributed by atoms with Crippen LogP contribution in [0.15, 0.2) is 24.3 Å². The van der Waals surface area contributed by atoms with Gasteiger partial charge in [-0.25, -0.2) is 0 Å². The highest BCUT2D eigenvalue weighted by Gasteiger charge is 2.21. The molecule has 6 heteroatoms. The van der Waals surface area contributed by atoms with Gasteiger partial charge in [0.1, 0.15) is 5.75 Å². The number of esters is 1. The fourth-order valence-corrected chi connectivity index (χ4v) is 2.06. The second kappa shape index (κ2) is 9.84. The van der Waals surface area contributed by atoms with Gasteiger partial charge in [-0.3, -0.25) is 9.59 Å². The van der Waals surface area contributed by atoms with Gasteiger partial charge >= 0.3 is 5.97 Å². The number of carbonyl (C=O) groups is 2. The Morgan fingerprint density at radius 3 is 2.48 bits per heavy atom. The van der Waals surface area contributed by atoms with Crippen molar-refractivity contribution in [3.63, 3.8) is 0 Å². The normalized spacial score (nSPS) is 11.7. The van der Waals surface area contributed by atoms with E-state index in [2.05, 4.69) is 4.74 Å². The minimum absolute atomic E-state index is 0.0186. The van der Waals surface area contributed by atoms with Crippen molar-refractivity contribution in [1.29, 1.82) is 0 Å². The predicted molar refractivity (Wildman–Crippen MR) is 86.1 cm³/mol. The van der Waals surface area contributed by atoms with Crippen molar-refractivity contribution in [3.05, 3.63) is 29.8 Å². The van der Waals surface area contributed by atoms with Crippen molar-refractivity contribution in [1.82, 2.24) is 4.90 Å². The number of hydrogen-bond donors (Lipinski definition) is 1. The number of hydrogen-bond acceptors (Lipinski definition) is 5. The van der Waals surface area contributed by atoms with E-state index in [-0.39, 0.29) is 31.6 Å². The molecule has 1 N–H and O–H groups in total. The number of aliphatic hydroxyl groups excluding tert-OH is 1. The zero-order chi connectivity index (χ0) is 17.2. The number of nitrogens with zero attached hydrogens (tertiary/aromatic N) is 1. The number of benzene rings is 1. The molecule has 1 aromatic carbocycles. The molecule has 0 radical (unpaired) electrons. The van der Waals surface area contributed by atoms with Crippen molar-refractivity contribution in [2.24, 2.45) is 5.92 Å². The molecule has 0 aliphatic carbocycles. The molecule has 1 atom stereocenters. The fourth-order valence-electron chi connectivity index (χ4n) is 2.06. The van der Waals surface area contributed by atoms with Crippen molar-refractivity contribution in [3.8, 4) is 5.75 Å². The zero-order valence-corrected chi connectivity index (χ0v) is 13.9. The maximum absolute atomic E-state index is 12.3. The topological polar surface area (TPSA) is 76.1 Å². The lowest BCUT2D eigenvalue weighted by atomic mass is 10.1. The van der Waals surface area contributed by atoms with Crippen LogP contribution in [0.2, 0.25) is 0 Å². The number of aryl methyl sites for hydroxylation is 1. The van der Waals surface area contributed by atoms with Crippen LogP contribution in [0, 0.1) is 12.8 Å². The first kappa shape index (κ1) is 19.0. The van der Waals surface area contributed by atoms with Crippen molar-refractivity contribution < 1.29 is 24.2 Å². The van der Waals surface area contributed by atoms with E-state index >= 15 is 0 Å². The van der Waals surface area contributed by atoms with E-state index in [0.717, 1.165) is 5.56 Å². The molecule has 1 unspecified atom stereocenters. The Morgan fingerprint density at radius 1 is 1.26 bits per heavy atom. The Hall–Kier alpha value is -2.08. The lowest BCUT2D eigenvalue weighted by molar-refractivity contribution is -0.146. The van der Waals surface area contributed by atoms with Gasteiger partial charge in [0.2, 0.25) is 0 Å². The van der Waals surface area contributed by atoms with Gasteiger partial charge in [0.05, 0.1) is 13.0 Å². The van der Waals surface area contributed by atoms with E-state index < -0.39 is 5.92 Å². The van der Waals surface area contributed by atoms with Crippen LogP contribution in [0.3, 0.4) is 0 Å². The van der Waals surface area contributed by atoms with Crippen LogP contribution in [-0.4, -0.2) is 55.3 Å². The average molecular weight is 323 g/mol. The third-order valence-electron chi connectivity index (χ3n) is 3.42. The number of ether oxygens (including phenoxy) is 2. The van der Waals surface area contributed by atoms with Gasteiger partial charge in [0, 0.05) is 19.7 Å². The van der Waals surface area contributed by atoms with Crippen LogP contribution in [0.1, 0.15) is 18.9 Å². The van der Waals surface area contributed by atoms with E-state index in [1.165, 1.54) is 12.0 Å². The van der Waals surface area contributed by atoms with Gasteiger partial charge in [0.25, 0.3) is 5.91 Å². The summed E-state index contributed by atoms with van der Waals surface area (Å²) in [4.78, 5) is 25.3. The summed E-state index contributed by atoms with van der Waals surface area (Å²) < 4.78 is 10.2. The summed E-state index contributed by atoms with van der Waals surface area (Å²) in [7, 11) is 1.32. The molecule has 128 valence electrons. The van der Waals surface area contributed by atoms with Gasteiger partial charge in [-0.1, -0.05) is 24.6 Å². The molecule has 0 spiro atoms. The predicted octanol–water partition coefficient (Wildman–Crippen LogP) is 1.39. The lowest BCUT2D eigenvalue weighted by Crippen LogP contribution is -2.40. The number of carbonyl (C=O) groups excluding carboxylic acids is 2. The standard InChI is InChI=1S/C17H25NO5/c1-13-5-7-15(8-6-13)23-12-16(20)18(9-4-10-19)11-14(2)17(21)22-3/h5-8,14,19H,4,9-12H2,1-3H3. The van der Waals surface area contributed by atoms with E-state index in [0.29, 0.717) is 18.7 Å². The molecule has 23 heavy (non-hydrogen) atoms. The fraction of sp³-hybridized carbons (Fsp3) is 0.529. The first-order chi connectivity index (χ1) is 11.0. The third-order valence-corrected chi connectivity index (χ3v) is 3.42. The molecule has 6 nitrogen and oxygen atoms in total. The second-order valence-corrected chi connectivity index (χ2v) is 5.44. The second-order valence-electron chi connectivity index (χ2n) is 5.44. The minimum Gasteiger partial charge on any atom is -0.484 e. The summed E-state index contributed by atoms with van der Waals surface area (Å²) in [5, 5.41) is 8.96. The van der Waals surface area contributed by atoms with Crippen LogP contribution < -0.4 is 4.74 Å². The van der Waals surface area contributed by atoms with Crippen LogP contribution in [0.4, 0.5) is 0 Å². The van der Waals surface area contributed by atoms with E-state index in [1.807, 2.05) is 19.1 Å². The summed E-state index contributed by atoms with van der Waals surface area (Å²) >= 11 is 0. The molecule has 0 aromatic heterocycles. The van der Waals surface area contributed by atoms with Gasteiger partial charge in [-0.2, -0.15) is 0 Å². The highest BCUT2D eigenvalue weighted by atomic mass is 16.5. The number of aliphatic hydroxyl groups is 1. The SMILES string of the molecule is COC(=O)C(C)CN(CCCO)C(=O)COc1ccc(C)cc1. The van der Waals surface area contributed by atoms with Gasteiger partial charge in [0.15, 0.2) is 6.61 Å². The van der Waals surface area contributed by atoms with Crippen LogP contribution in [0.5, 0.6) is 5.75 Å². The Balaban J connectivity index is 2.59. The summed E-state index contributed by atoms with van der Waals surface area (Å²) in [5.74, 6) is -0.407. The molecule has 0 heterocycles. The van der Waals surface area contributed by atoms with E-state index in [9.17, 15) is 9.59 Å². The van der Waals surface area contributed by atoms with Crippen LogP contribution >= 0.6 is 0 Å². The Morgan fingerprint density at radius 2 is 1.91 bits per heavy atom. The highest BCUT2D eigenvalue weighted by molar-refractivity contribution is 5.79.